The van der Waals surface area contributed by atoms with E-state index >= 15 is 0 Å². The fourth-order valence-electron chi connectivity index (χ4n) is 3.66. The van der Waals surface area contributed by atoms with E-state index < -0.39 is 23.7 Å². The molecule has 1 aromatic carbocycles. The second-order valence-electron chi connectivity index (χ2n) is 7.97. The van der Waals surface area contributed by atoms with E-state index in [9.17, 15) is 14.4 Å². The Kier molecular flexibility index (Phi) is 5.82. The van der Waals surface area contributed by atoms with E-state index in [1.165, 1.54) is 22.5 Å². The van der Waals surface area contributed by atoms with Crippen LogP contribution in [0.15, 0.2) is 52.4 Å². The van der Waals surface area contributed by atoms with E-state index in [4.69, 9.17) is 4.74 Å². The molecule has 0 aliphatic rings. The second-order valence-corrected chi connectivity index (χ2v) is 7.97. The standard InChI is InChI=1S/C23H24N6O4/c1-14-7-15(2)9-17(8-14)33-19-10-16(5-6-24-19)11-25-18(30)12-29-22(31)20-21(26-13-27(20)3)28(4)23(29)32/h5-10,13H,11-12H2,1-4H3,(H,25,30). The molecule has 1 N–H and O–H groups in total. The van der Waals surface area contributed by atoms with Crippen LogP contribution in [0.5, 0.6) is 11.6 Å². The van der Waals surface area contributed by atoms with Gasteiger partial charge < -0.3 is 14.6 Å². The molecule has 0 bridgehead atoms. The van der Waals surface area contributed by atoms with Gasteiger partial charge >= 0.3 is 5.69 Å². The van der Waals surface area contributed by atoms with Gasteiger partial charge in [-0.1, -0.05) is 6.07 Å². The minimum Gasteiger partial charge on any atom is -0.439 e. The van der Waals surface area contributed by atoms with Crippen LogP contribution in [0, 0.1) is 13.8 Å². The fourth-order valence-corrected chi connectivity index (χ4v) is 3.66. The highest BCUT2D eigenvalue weighted by Crippen LogP contribution is 2.22. The number of pyridine rings is 1. The molecule has 0 radical (unpaired) electrons. The zero-order chi connectivity index (χ0) is 23.7. The van der Waals surface area contributed by atoms with E-state index in [1.54, 1.807) is 25.4 Å². The van der Waals surface area contributed by atoms with Gasteiger partial charge in [-0.3, -0.25) is 14.2 Å². The molecule has 0 aliphatic carbocycles. The molecule has 0 atom stereocenters. The number of carbonyl (C=O) groups is 1. The minimum atomic E-state index is -0.602. The maximum absolute atomic E-state index is 12.7. The third kappa shape index (κ3) is 4.54. The van der Waals surface area contributed by atoms with Gasteiger partial charge in [0.1, 0.15) is 12.3 Å². The predicted octanol–water partition coefficient (Wildman–Crippen LogP) is 1.55. The second kappa shape index (κ2) is 8.73. The summed E-state index contributed by atoms with van der Waals surface area (Å²) in [7, 11) is 3.17. The number of rotatable bonds is 6. The first-order valence-corrected chi connectivity index (χ1v) is 10.3. The number of nitrogens with zero attached hydrogens (tertiary/aromatic N) is 5. The molecule has 4 rings (SSSR count). The van der Waals surface area contributed by atoms with Crippen LogP contribution in [0.4, 0.5) is 0 Å². The summed E-state index contributed by atoms with van der Waals surface area (Å²) in [5.41, 5.74) is 2.30. The predicted molar refractivity (Wildman–Crippen MR) is 122 cm³/mol. The molecule has 0 spiro atoms. The summed E-state index contributed by atoms with van der Waals surface area (Å²) in [6.07, 6.45) is 3.05. The monoisotopic (exact) mass is 448 g/mol. The van der Waals surface area contributed by atoms with Gasteiger partial charge in [-0.2, -0.15) is 0 Å². The van der Waals surface area contributed by atoms with E-state index in [2.05, 4.69) is 21.4 Å². The van der Waals surface area contributed by atoms with Gasteiger partial charge in [-0.05, 0) is 48.7 Å². The number of benzene rings is 1. The van der Waals surface area contributed by atoms with Crippen molar-refractivity contribution in [1.82, 2.24) is 29.0 Å². The molecule has 10 heteroatoms. The van der Waals surface area contributed by atoms with Gasteiger partial charge in [0, 0.05) is 32.9 Å². The third-order valence-corrected chi connectivity index (χ3v) is 5.21. The molecular formula is C23H24N6O4. The number of hydrogen-bond donors (Lipinski definition) is 1. The van der Waals surface area contributed by atoms with Crippen LogP contribution < -0.4 is 21.3 Å². The van der Waals surface area contributed by atoms with Gasteiger partial charge in [-0.15, -0.1) is 0 Å². The van der Waals surface area contributed by atoms with E-state index in [-0.39, 0.29) is 17.7 Å². The largest absolute Gasteiger partial charge is 0.439 e. The van der Waals surface area contributed by atoms with Crippen molar-refractivity contribution in [3.63, 3.8) is 0 Å². The molecule has 0 saturated carbocycles. The summed E-state index contributed by atoms with van der Waals surface area (Å²) in [6.45, 7) is 3.77. The number of amides is 1. The Labute approximate surface area is 189 Å². The SMILES string of the molecule is Cc1cc(C)cc(Oc2cc(CNC(=O)Cn3c(=O)c4c(ncn4C)n(C)c3=O)ccn2)c1. The molecule has 4 aromatic rings. The maximum Gasteiger partial charge on any atom is 0.332 e. The Morgan fingerprint density at radius 1 is 1.06 bits per heavy atom. The van der Waals surface area contributed by atoms with Crippen LogP contribution in [0.1, 0.15) is 16.7 Å². The zero-order valence-electron chi connectivity index (χ0n) is 18.8. The van der Waals surface area contributed by atoms with Crippen molar-refractivity contribution in [2.75, 3.05) is 0 Å². The molecule has 33 heavy (non-hydrogen) atoms. The Morgan fingerprint density at radius 3 is 2.52 bits per heavy atom. The van der Waals surface area contributed by atoms with Gasteiger partial charge in [0.15, 0.2) is 11.2 Å². The molecule has 10 nitrogen and oxygen atoms in total. The Balaban J connectivity index is 1.47. The molecule has 170 valence electrons. The third-order valence-electron chi connectivity index (χ3n) is 5.21. The summed E-state index contributed by atoms with van der Waals surface area (Å²) in [5, 5.41) is 2.73. The summed E-state index contributed by atoms with van der Waals surface area (Å²) in [5.74, 6) is 0.616. The van der Waals surface area contributed by atoms with Crippen LogP contribution in [-0.4, -0.2) is 29.6 Å². The Morgan fingerprint density at radius 2 is 1.79 bits per heavy atom. The lowest BCUT2D eigenvalue weighted by Gasteiger charge is -2.10. The number of aryl methyl sites for hydroxylation is 4. The number of fused-ring (bicyclic) bond motifs is 1. The number of ether oxygens (including phenoxy) is 1. The van der Waals surface area contributed by atoms with Crippen LogP contribution in [0.2, 0.25) is 0 Å². The Hall–Kier alpha value is -4.21. The van der Waals surface area contributed by atoms with Gasteiger partial charge in [0.05, 0.1) is 6.33 Å². The highest BCUT2D eigenvalue weighted by molar-refractivity contribution is 5.76. The van der Waals surface area contributed by atoms with E-state index in [0.29, 0.717) is 11.6 Å². The normalized spacial score (nSPS) is 11.0. The minimum absolute atomic E-state index is 0.188. The van der Waals surface area contributed by atoms with E-state index in [0.717, 1.165) is 21.3 Å². The lowest BCUT2D eigenvalue weighted by molar-refractivity contribution is -0.121. The molecule has 0 unspecified atom stereocenters. The first-order valence-electron chi connectivity index (χ1n) is 10.3. The van der Waals surface area contributed by atoms with Crippen LogP contribution in [-0.2, 0) is 32.0 Å². The van der Waals surface area contributed by atoms with Crippen LogP contribution in [0.25, 0.3) is 11.2 Å². The van der Waals surface area contributed by atoms with Gasteiger partial charge in [0.2, 0.25) is 11.8 Å². The van der Waals surface area contributed by atoms with Crippen molar-refractivity contribution < 1.29 is 9.53 Å². The fraction of sp³-hybridized carbons (Fsp3) is 0.261. The Bertz CT molecular complexity index is 1460. The summed E-state index contributed by atoms with van der Waals surface area (Å²) < 4.78 is 9.53. The average Bonchev–Trinajstić information content (AvgIpc) is 3.15. The molecule has 1 amide bonds. The first-order chi connectivity index (χ1) is 15.7. The van der Waals surface area contributed by atoms with Crippen molar-refractivity contribution in [2.45, 2.75) is 26.9 Å². The number of hydrogen-bond acceptors (Lipinski definition) is 6. The van der Waals surface area contributed by atoms with Crippen molar-refractivity contribution in [3.8, 4) is 11.6 Å². The topological polar surface area (TPSA) is 113 Å². The first kappa shape index (κ1) is 22.0. The van der Waals surface area contributed by atoms with Gasteiger partial charge in [-0.25, -0.2) is 19.3 Å². The molecule has 0 saturated heterocycles. The summed E-state index contributed by atoms with van der Waals surface area (Å²) in [4.78, 5) is 46.1. The maximum atomic E-state index is 12.7. The lowest BCUT2D eigenvalue weighted by atomic mass is 10.1. The highest BCUT2D eigenvalue weighted by atomic mass is 16.5. The van der Waals surface area contributed by atoms with Crippen molar-refractivity contribution in [2.24, 2.45) is 14.1 Å². The zero-order valence-corrected chi connectivity index (χ0v) is 18.8. The number of nitrogens with one attached hydrogen (secondary N) is 1. The van der Waals surface area contributed by atoms with Gasteiger partial charge in [0.25, 0.3) is 5.56 Å². The summed E-state index contributed by atoms with van der Waals surface area (Å²) >= 11 is 0. The smallest absolute Gasteiger partial charge is 0.332 e. The van der Waals surface area contributed by atoms with Crippen LogP contribution >= 0.6 is 0 Å². The highest BCUT2D eigenvalue weighted by Gasteiger charge is 2.17. The lowest BCUT2D eigenvalue weighted by Crippen LogP contribution is -2.43. The van der Waals surface area contributed by atoms with E-state index in [1.807, 2.05) is 26.0 Å². The van der Waals surface area contributed by atoms with Crippen molar-refractivity contribution in [1.29, 1.82) is 0 Å². The quantitative estimate of drug-likeness (QED) is 0.479. The molecule has 0 aliphatic heterocycles. The van der Waals surface area contributed by atoms with Crippen molar-refractivity contribution in [3.05, 3.63) is 80.4 Å². The number of carbonyl (C=O) groups excluding carboxylic acids is 1. The van der Waals surface area contributed by atoms with Crippen molar-refractivity contribution >= 4 is 17.1 Å². The number of aromatic nitrogens is 5. The summed E-state index contributed by atoms with van der Waals surface area (Å²) in [6, 6.07) is 9.37. The molecule has 0 fully saturated rings. The molecule has 3 heterocycles. The number of imidazole rings is 1. The molecular weight excluding hydrogens is 424 g/mol. The van der Waals surface area contributed by atoms with Crippen LogP contribution in [0.3, 0.4) is 0 Å². The molecule has 3 aromatic heterocycles. The average molecular weight is 448 g/mol.